The molecular formula is C30H31N5O3. The molecule has 0 atom stereocenters. The minimum absolute atomic E-state index is 0.133. The van der Waals surface area contributed by atoms with Crippen LogP contribution in [0.2, 0.25) is 0 Å². The molecular weight excluding hydrogens is 478 g/mol. The van der Waals surface area contributed by atoms with Gasteiger partial charge in [0, 0.05) is 54.2 Å². The van der Waals surface area contributed by atoms with Gasteiger partial charge in [0.15, 0.2) is 0 Å². The van der Waals surface area contributed by atoms with Crippen LogP contribution in [0.5, 0.6) is 0 Å². The molecule has 0 saturated heterocycles. The summed E-state index contributed by atoms with van der Waals surface area (Å²) in [6.45, 7) is 7.53. The van der Waals surface area contributed by atoms with Crippen LogP contribution < -0.4 is 10.6 Å². The number of anilines is 1. The van der Waals surface area contributed by atoms with Crippen molar-refractivity contribution in [3.63, 3.8) is 0 Å². The number of aryl methyl sites for hydroxylation is 1. The van der Waals surface area contributed by atoms with E-state index in [2.05, 4.69) is 20.7 Å². The zero-order valence-corrected chi connectivity index (χ0v) is 21.8. The number of nitrogens with zero attached hydrogens (tertiary/aromatic N) is 2. The predicted molar refractivity (Wildman–Crippen MR) is 149 cm³/mol. The zero-order chi connectivity index (χ0) is 26.6. The van der Waals surface area contributed by atoms with Gasteiger partial charge in [-0.1, -0.05) is 24.3 Å². The van der Waals surface area contributed by atoms with E-state index in [0.29, 0.717) is 30.9 Å². The molecule has 5 rings (SSSR count). The van der Waals surface area contributed by atoms with E-state index in [1.165, 1.54) is 0 Å². The molecule has 194 valence electrons. The van der Waals surface area contributed by atoms with E-state index in [0.717, 1.165) is 51.4 Å². The number of aromatic amines is 1. The van der Waals surface area contributed by atoms with Gasteiger partial charge in [0.05, 0.1) is 23.0 Å². The molecule has 1 aliphatic heterocycles. The van der Waals surface area contributed by atoms with Gasteiger partial charge in [-0.25, -0.2) is 4.68 Å². The third kappa shape index (κ3) is 5.03. The van der Waals surface area contributed by atoms with Crippen LogP contribution in [0.15, 0.2) is 60.9 Å². The molecule has 2 amide bonds. The molecule has 0 fully saturated rings. The molecule has 0 saturated carbocycles. The van der Waals surface area contributed by atoms with Crippen LogP contribution in [0, 0.1) is 13.8 Å². The fraction of sp³-hybridized carbons (Fsp3) is 0.233. The number of fused-ring (bicyclic) bond motifs is 1. The number of H-pyrrole nitrogens is 1. The summed E-state index contributed by atoms with van der Waals surface area (Å²) >= 11 is 0. The van der Waals surface area contributed by atoms with E-state index < -0.39 is 0 Å². The molecule has 8 nitrogen and oxygen atoms in total. The third-order valence-electron chi connectivity index (χ3n) is 6.69. The zero-order valence-electron chi connectivity index (χ0n) is 21.8. The monoisotopic (exact) mass is 509 g/mol. The average Bonchev–Trinajstić information content (AvgIpc) is 3.60. The number of ether oxygens (including phenoxy) is 1. The number of para-hydroxylation sites is 1. The Morgan fingerprint density at radius 1 is 1.13 bits per heavy atom. The van der Waals surface area contributed by atoms with Crippen molar-refractivity contribution in [1.29, 1.82) is 0 Å². The summed E-state index contributed by atoms with van der Waals surface area (Å²) in [5.41, 5.74) is 7.91. The summed E-state index contributed by atoms with van der Waals surface area (Å²) in [6, 6.07) is 15.8. The molecule has 0 bridgehead atoms. The molecule has 0 radical (unpaired) electrons. The van der Waals surface area contributed by atoms with E-state index in [4.69, 9.17) is 4.74 Å². The highest BCUT2D eigenvalue weighted by molar-refractivity contribution is 6.35. The lowest BCUT2D eigenvalue weighted by Crippen LogP contribution is -2.26. The maximum atomic E-state index is 12.9. The summed E-state index contributed by atoms with van der Waals surface area (Å²) in [5, 5.41) is 10.4. The van der Waals surface area contributed by atoms with Gasteiger partial charge in [-0.2, -0.15) is 5.10 Å². The molecule has 3 heterocycles. The van der Waals surface area contributed by atoms with Crippen molar-refractivity contribution in [1.82, 2.24) is 20.1 Å². The first-order valence-electron chi connectivity index (χ1n) is 12.8. The fourth-order valence-corrected chi connectivity index (χ4v) is 4.72. The molecule has 38 heavy (non-hydrogen) atoms. The minimum Gasteiger partial charge on any atom is -0.382 e. The maximum Gasteiger partial charge on any atom is 0.256 e. The summed E-state index contributed by atoms with van der Waals surface area (Å²) in [4.78, 5) is 29.1. The Balaban J connectivity index is 1.41. The van der Waals surface area contributed by atoms with Gasteiger partial charge in [-0.05, 0) is 68.7 Å². The quantitative estimate of drug-likeness (QED) is 0.215. The molecule has 3 N–H and O–H groups in total. The second-order valence-corrected chi connectivity index (χ2v) is 9.25. The SMILES string of the molecule is CCOCCCNC(=O)c1c(C)[nH]c(C=C2C(=O)Nc3ccc(-c4cnn(-c5ccccc5)c4)cc32)c1C. The number of benzene rings is 2. The lowest BCUT2D eigenvalue weighted by atomic mass is 10.00. The largest absolute Gasteiger partial charge is 0.382 e. The predicted octanol–water partition coefficient (Wildman–Crippen LogP) is 5.13. The standard InChI is InChI=1S/C30H31N5O3/c1-4-38-14-8-13-31-30(37)28-19(2)27(33-20(28)3)16-25-24-15-21(11-12-26(24)34-29(25)36)22-17-32-35(18-22)23-9-6-5-7-10-23/h5-7,9-12,15-18,33H,4,8,13-14H2,1-3H3,(H,31,37)(H,34,36). The number of rotatable bonds is 9. The number of hydrogen-bond acceptors (Lipinski definition) is 4. The number of carbonyl (C=O) groups is 2. The van der Waals surface area contributed by atoms with Gasteiger partial charge < -0.3 is 20.4 Å². The second kappa shape index (κ2) is 10.9. The van der Waals surface area contributed by atoms with E-state index >= 15 is 0 Å². The van der Waals surface area contributed by atoms with Crippen molar-refractivity contribution in [3.05, 3.63) is 89.0 Å². The number of nitrogens with one attached hydrogen (secondary N) is 3. The number of carbonyl (C=O) groups excluding carboxylic acids is 2. The first-order valence-corrected chi connectivity index (χ1v) is 12.8. The maximum absolute atomic E-state index is 12.9. The van der Waals surface area contributed by atoms with Crippen LogP contribution in [-0.2, 0) is 9.53 Å². The molecule has 8 heteroatoms. The first-order chi connectivity index (χ1) is 18.5. The topological polar surface area (TPSA) is 101 Å². The molecule has 1 aliphatic rings. The Morgan fingerprint density at radius 3 is 2.74 bits per heavy atom. The highest BCUT2D eigenvalue weighted by Gasteiger charge is 2.26. The van der Waals surface area contributed by atoms with Crippen molar-refractivity contribution in [2.24, 2.45) is 0 Å². The minimum atomic E-state index is -0.175. The van der Waals surface area contributed by atoms with Crippen LogP contribution in [0.3, 0.4) is 0 Å². The Kier molecular flexibility index (Phi) is 7.24. The Bertz CT molecular complexity index is 1510. The van der Waals surface area contributed by atoms with Gasteiger partial charge in [-0.3, -0.25) is 9.59 Å². The van der Waals surface area contributed by atoms with Gasteiger partial charge in [0.25, 0.3) is 11.8 Å². The van der Waals surface area contributed by atoms with Gasteiger partial charge in [0.1, 0.15) is 0 Å². The highest BCUT2D eigenvalue weighted by Crippen LogP contribution is 2.37. The van der Waals surface area contributed by atoms with Crippen LogP contribution in [-0.4, -0.2) is 46.3 Å². The Labute approximate surface area is 221 Å². The van der Waals surface area contributed by atoms with E-state index in [9.17, 15) is 9.59 Å². The Hall–Kier alpha value is -4.43. The fourth-order valence-electron chi connectivity index (χ4n) is 4.72. The third-order valence-corrected chi connectivity index (χ3v) is 6.69. The summed E-state index contributed by atoms with van der Waals surface area (Å²) in [5.74, 6) is -0.308. The summed E-state index contributed by atoms with van der Waals surface area (Å²) in [7, 11) is 0. The molecule has 0 aliphatic carbocycles. The molecule has 2 aromatic carbocycles. The first kappa shape index (κ1) is 25.2. The van der Waals surface area contributed by atoms with Crippen molar-refractivity contribution >= 4 is 29.2 Å². The van der Waals surface area contributed by atoms with E-state index in [1.807, 2.05) is 92.5 Å². The van der Waals surface area contributed by atoms with Gasteiger partial charge in [-0.15, -0.1) is 0 Å². The van der Waals surface area contributed by atoms with Crippen LogP contribution in [0.4, 0.5) is 5.69 Å². The molecule has 0 spiro atoms. The Morgan fingerprint density at radius 2 is 1.95 bits per heavy atom. The van der Waals surface area contributed by atoms with Crippen LogP contribution in [0.1, 0.15) is 46.2 Å². The average molecular weight is 510 g/mol. The summed E-state index contributed by atoms with van der Waals surface area (Å²) in [6.07, 6.45) is 6.37. The number of aromatic nitrogens is 3. The molecule has 0 unspecified atom stereocenters. The van der Waals surface area contributed by atoms with Gasteiger partial charge >= 0.3 is 0 Å². The van der Waals surface area contributed by atoms with Crippen LogP contribution in [0.25, 0.3) is 28.5 Å². The van der Waals surface area contributed by atoms with Crippen molar-refractivity contribution in [2.45, 2.75) is 27.2 Å². The van der Waals surface area contributed by atoms with Crippen molar-refractivity contribution in [3.8, 4) is 16.8 Å². The number of amides is 2. The molecule has 4 aromatic rings. The smallest absolute Gasteiger partial charge is 0.256 e. The lowest BCUT2D eigenvalue weighted by Gasteiger charge is -2.06. The van der Waals surface area contributed by atoms with Crippen molar-refractivity contribution in [2.75, 3.05) is 25.1 Å². The highest BCUT2D eigenvalue weighted by atomic mass is 16.5. The van der Waals surface area contributed by atoms with Crippen LogP contribution >= 0.6 is 0 Å². The van der Waals surface area contributed by atoms with Crippen molar-refractivity contribution < 1.29 is 14.3 Å². The van der Waals surface area contributed by atoms with Gasteiger partial charge in [0.2, 0.25) is 0 Å². The lowest BCUT2D eigenvalue weighted by molar-refractivity contribution is -0.110. The van der Waals surface area contributed by atoms with E-state index in [1.54, 1.807) is 0 Å². The summed E-state index contributed by atoms with van der Waals surface area (Å²) < 4.78 is 7.17. The molecule has 2 aromatic heterocycles. The normalized spacial score (nSPS) is 13.6. The van der Waals surface area contributed by atoms with E-state index in [-0.39, 0.29) is 11.8 Å². The number of hydrogen-bond donors (Lipinski definition) is 3. The second-order valence-electron chi connectivity index (χ2n) is 9.25.